The van der Waals surface area contributed by atoms with E-state index in [0.29, 0.717) is 30.6 Å². The molecule has 10 heteroatoms. The third-order valence-electron chi connectivity index (χ3n) is 3.85. The Morgan fingerprint density at radius 3 is 3.15 bits per heavy atom. The number of anilines is 4. The molecule has 1 aliphatic heterocycles. The van der Waals surface area contributed by atoms with E-state index < -0.39 is 12.0 Å². The quantitative estimate of drug-likeness (QED) is 0.443. The number of carbonyl (C=O) groups excluding carboxylic acids is 1. The van der Waals surface area contributed by atoms with Gasteiger partial charge >= 0.3 is 0 Å². The van der Waals surface area contributed by atoms with Crippen LogP contribution in [0.5, 0.6) is 5.75 Å². The molecule has 2 aromatic rings. The van der Waals surface area contributed by atoms with Crippen LogP contribution in [0.25, 0.3) is 0 Å². The van der Waals surface area contributed by atoms with Gasteiger partial charge in [0.15, 0.2) is 0 Å². The molecule has 1 aliphatic rings. The number of nitrogens with two attached hydrogens (primary N) is 1. The van der Waals surface area contributed by atoms with Crippen LogP contribution in [0.1, 0.15) is 10.4 Å². The minimum Gasteiger partial charge on any atom is -0.489 e. The van der Waals surface area contributed by atoms with E-state index in [2.05, 4.69) is 25.9 Å². The normalized spacial score (nSPS) is 15.7. The van der Waals surface area contributed by atoms with Crippen LogP contribution in [0.15, 0.2) is 24.4 Å². The van der Waals surface area contributed by atoms with E-state index in [9.17, 15) is 9.90 Å². The Balaban J connectivity index is 1.79. The van der Waals surface area contributed by atoms with E-state index in [1.807, 2.05) is 18.4 Å². The van der Waals surface area contributed by atoms with Gasteiger partial charge in [-0.3, -0.25) is 4.79 Å². The summed E-state index contributed by atoms with van der Waals surface area (Å²) in [6.07, 6.45) is 2.84. The number of fused-ring (bicyclic) bond motifs is 1. The molecule has 9 nitrogen and oxygen atoms in total. The molecular formula is C17H22N6O3S. The van der Waals surface area contributed by atoms with Gasteiger partial charge < -0.3 is 31.5 Å². The average Bonchev–Trinajstić information content (AvgIpc) is 2.83. The zero-order chi connectivity index (χ0) is 19.2. The first-order valence-electron chi connectivity index (χ1n) is 8.42. The summed E-state index contributed by atoms with van der Waals surface area (Å²) in [6.45, 7) is 1.31. The van der Waals surface area contributed by atoms with Crippen molar-refractivity contribution >= 4 is 40.8 Å². The molecule has 1 aromatic carbocycles. The van der Waals surface area contributed by atoms with Crippen molar-refractivity contribution in [2.75, 3.05) is 47.7 Å². The topological polar surface area (TPSA) is 134 Å². The SMILES string of the molecule is CSCCNc1nc(Nc2ccc3c(c2)NC[C@H](O)CO3)ncc1C(N)=O. The van der Waals surface area contributed by atoms with Crippen LogP contribution >= 0.6 is 11.8 Å². The Hall–Kier alpha value is -2.72. The van der Waals surface area contributed by atoms with E-state index in [1.54, 1.807) is 17.8 Å². The molecule has 1 atom stereocenters. The Bertz CT molecular complexity index is 819. The largest absolute Gasteiger partial charge is 0.489 e. The number of rotatable bonds is 7. The maximum absolute atomic E-state index is 11.6. The summed E-state index contributed by atoms with van der Waals surface area (Å²) in [5.74, 6) is 1.68. The summed E-state index contributed by atoms with van der Waals surface area (Å²) in [6, 6.07) is 5.47. The monoisotopic (exact) mass is 390 g/mol. The van der Waals surface area contributed by atoms with Gasteiger partial charge in [-0.25, -0.2) is 4.98 Å². The van der Waals surface area contributed by atoms with E-state index in [-0.39, 0.29) is 12.2 Å². The van der Waals surface area contributed by atoms with Gasteiger partial charge in [0.2, 0.25) is 5.95 Å². The number of aliphatic hydroxyl groups excluding tert-OH is 1. The van der Waals surface area contributed by atoms with Crippen LogP contribution < -0.4 is 26.4 Å². The number of hydrogen-bond donors (Lipinski definition) is 5. The number of thioether (sulfide) groups is 1. The zero-order valence-corrected chi connectivity index (χ0v) is 15.7. The Labute approximate surface area is 161 Å². The van der Waals surface area contributed by atoms with E-state index >= 15 is 0 Å². The Kier molecular flexibility index (Phi) is 6.20. The number of primary amides is 1. The van der Waals surface area contributed by atoms with Crippen molar-refractivity contribution in [2.24, 2.45) is 5.73 Å². The van der Waals surface area contributed by atoms with Crippen LogP contribution in [0, 0.1) is 0 Å². The van der Waals surface area contributed by atoms with Gasteiger partial charge in [-0.1, -0.05) is 0 Å². The average molecular weight is 390 g/mol. The molecule has 27 heavy (non-hydrogen) atoms. The first kappa shape index (κ1) is 19.1. The zero-order valence-electron chi connectivity index (χ0n) is 14.9. The van der Waals surface area contributed by atoms with E-state index in [4.69, 9.17) is 10.5 Å². The van der Waals surface area contributed by atoms with E-state index in [1.165, 1.54) is 6.20 Å². The second kappa shape index (κ2) is 8.78. The summed E-state index contributed by atoms with van der Waals surface area (Å²) in [5, 5.41) is 19.0. The lowest BCUT2D eigenvalue weighted by molar-refractivity contribution is 0.100. The van der Waals surface area contributed by atoms with Crippen LogP contribution in [-0.2, 0) is 0 Å². The number of hydrogen-bond acceptors (Lipinski definition) is 9. The summed E-state index contributed by atoms with van der Waals surface area (Å²) in [5.41, 5.74) is 7.15. The van der Waals surface area contributed by atoms with Gasteiger partial charge in [-0.05, 0) is 24.5 Å². The first-order chi connectivity index (χ1) is 13.1. The molecule has 0 saturated carbocycles. The third-order valence-corrected chi connectivity index (χ3v) is 4.46. The smallest absolute Gasteiger partial charge is 0.254 e. The molecule has 0 saturated heterocycles. The second-order valence-electron chi connectivity index (χ2n) is 5.92. The first-order valence-corrected chi connectivity index (χ1v) is 9.81. The third kappa shape index (κ3) is 4.92. The van der Waals surface area contributed by atoms with Crippen molar-refractivity contribution in [3.63, 3.8) is 0 Å². The Morgan fingerprint density at radius 1 is 1.52 bits per heavy atom. The minimum absolute atomic E-state index is 0.243. The van der Waals surface area contributed by atoms with Crippen LogP contribution in [0.4, 0.5) is 23.1 Å². The molecule has 0 aliphatic carbocycles. The molecule has 6 N–H and O–H groups in total. The summed E-state index contributed by atoms with van der Waals surface area (Å²) in [7, 11) is 0. The molecule has 1 aromatic heterocycles. The highest BCUT2D eigenvalue weighted by molar-refractivity contribution is 7.98. The molecule has 1 amide bonds. The van der Waals surface area contributed by atoms with Crippen LogP contribution in [0.2, 0.25) is 0 Å². The number of aliphatic hydroxyl groups is 1. The summed E-state index contributed by atoms with van der Waals surface area (Å²) >= 11 is 1.68. The molecule has 144 valence electrons. The number of aromatic nitrogens is 2. The molecule has 3 rings (SSSR count). The predicted octanol–water partition coefficient (Wildman–Crippen LogP) is 1.26. The summed E-state index contributed by atoms with van der Waals surface area (Å²) < 4.78 is 5.55. The molecule has 0 unspecified atom stereocenters. The maximum atomic E-state index is 11.6. The van der Waals surface area contributed by atoms with Crippen LogP contribution in [-0.4, -0.2) is 58.8 Å². The molecular weight excluding hydrogens is 368 g/mol. The molecule has 0 radical (unpaired) electrons. The standard InChI is InChI=1S/C17H22N6O3S/c1-27-5-4-19-16-12(15(18)25)8-21-17(23-16)22-10-2-3-14-13(6-10)20-7-11(24)9-26-14/h2-3,6,8,11,20,24H,4-5,7,9H2,1H3,(H2,18,25)(H2,19,21,22,23)/t11-/m0/s1. The lowest BCUT2D eigenvalue weighted by Crippen LogP contribution is -2.23. The number of β-amino-alcohol motifs (C(OH)–C–C–N with tert-alkyl or cyclic N) is 1. The number of ether oxygens (including phenoxy) is 1. The molecule has 0 fully saturated rings. The van der Waals surface area contributed by atoms with E-state index in [0.717, 1.165) is 17.1 Å². The maximum Gasteiger partial charge on any atom is 0.254 e. The number of carbonyl (C=O) groups is 1. The van der Waals surface area contributed by atoms with Crippen molar-refractivity contribution in [1.82, 2.24) is 9.97 Å². The van der Waals surface area contributed by atoms with Gasteiger partial charge in [-0.2, -0.15) is 16.7 Å². The number of benzene rings is 1. The fourth-order valence-corrected chi connectivity index (χ4v) is 2.81. The lowest BCUT2D eigenvalue weighted by Gasteiger charge is -2.13. The van der Waals surface area contributed by atoms with Gasteiger partial charge in [0.1, 0.15) is 24.3 Å². The van der Waals surface area contributed by atoms with Gasteiger partial charge in [0.25, 0.3) is 5.91 Å². The number of nitrogens with zero attached hydrogens (tertiary/aromatic N) is 2. The van der Waals surface area contributed by atoms with Gasteiger partial charge in [0, 0.05) is 30.7 Å². The van der Waals surface area contributed by atoms with Crippen molar-refractivity contribution in [3.8, 4) is 5.75 Å². The Morgan fingerprint density at radius 2 is 2.37 bits per heavy atom. The molecule has 0 spiro atoms. The van der Waals surface area contributed by atoms with Crippen molar-refractivity contribution in [3.05, 3.63) is 30.0 Å². The fourth-order valence-electron chi connectivity index (χ4n) is 2.50. The highest BCUT2D eigenvalue weighted by Gasteiger charge is 2.16. The second-order valence-corrected chi connectivity index (χ2v) is 6.91. The minimum atomic E-state index is -0.585. The highest BCUT2D eigenvalue weighted by atomic mass is 32.2. The van der Waals surface area contributed by atoms with Crippen LogP contribution in [0.3, 0.4) is 0 Å². The van der Waals surface area contributed by atoms with Gasteiger partial charge in [0.05, 0.1) is 11.3 Å². The van der Waals surface area contributed by atoms with Gasteiger partial charge in [-0.15, -0.1) is 0 Å². The number of nitrogens with one attached hydrogen (secondary N) is 3. The predicted molar refractivity (Wildman–Crippen MR) is 107 cm³/mol. The fraction of sp³-hybridized carbons (Fsp3) is 0.353. The molecule has 0 bridgehead atoms. The number of amides is 1. The lowest BCUT2D eigenvalue weighted by atomic mass is 10.2. The molecule has 2 heterocycles. The highest BCUT2D eigenvalue weighted by Crippen LogP contribution is 2.30. The van der Waals surface area contributed by atoms with Crippen molar-refractivity contribution in [1.29, 1.82) is 0 Å². The van der Waals surface area contributed by atoms with Crippen molar-refractivity contribution in [2.45, 2.75) is 6.10 Å². The summed E-state index contributed by atoms with van der Waals surface area (Å²) in [4.78, 5) is 20.1. The van der Waals surface area contributed by atoms with Crippen molar-refractivity contribution < 1.29 is 14.6 Å².